The fourth-order valence-electron chi connectivity index (χ4n) is 3.68. The number of aryl methyl sites for hydroxylation is 2. The normalized spacial score (nSPS) is 23.0. The molecule has 0 unspecified atom stereocenters. The van der Waals surface area contributed by atoms with Crippen LogP contribution in [0, 0.1) is 6.92 Å². The Bertz CT molecular complexity index is 886. The van der Waals surface area contributed by atoms with Gasteiger partial charge in [-0.25, -0.2) is 0 Å². The monoisotopic (exact) mass is 461 g/mol. The van der Waals surface area contributed by atoms with Crippen LogP contribution in [0.2, 0.25) is 0 Å². The van der Waals surface area contributed by atoms with Gasteiger partial charge in [0.05, 0.1) is 18.7 Å². The van der Waals surface area contributed by atoms with Crippen LogP contribution in [0.3, 0.4) is 0 Å². The summed E-state index contributed by atoms with van der Waals surface area (Å²) in [5.41, 5.74) is 8.06. The standard InChI is InChI=1S/C23H35N5O5/c1-13-7-8-18-10-17(13)6-5-9-25-19(30)12-28(23(33)15(3)24)11-14(2)26-22(32)20(16(4)29)27-21(18)31/h7-8,10,14-16,20,29H,5-6,9,11-12,24H2,1-4H3,(H,25,30)(H,26,32)(H,27,31)/t14-,15-,16-,20+/m1/s1. The van der Waals surface area contributed by atoms with E-state index in [0.717, 1.165) is 11.1 Å². The number of aliphatic hydroxyl groups excluding tert-OH is 1. The lowest BCUT2D eigenvalue weighted by atomic mass is 10.00. The van der Waals surface area contributed by atoms with Crippen molar-refractivity contribution >= 4 is 23.6 Å². The van der Waals surface area contributed by atoms with Gasteiger partial charge in [-0.05, 0) is 63.8 Å². The lowest BCUT2D eigenvalue weighted by Crippen LogP contribution is -2.57. The molecule has 1 heterocycles. The lowest BCUT2D eigenvalue weighted by Gasteiger charge is -2.29. The minimum atomic E-state index is -1.19. The number of nitrogens with two attached hydrogens (primary N) is 1. The molecule has 0 spiro atoms. The van der Waals surface area contributed by atoms with Crippen LogP contribution in [-0.2, 0) is 20.8 Å². The molecule has 0 aromatic heterocycles. The van der Waals surface area contributed by atoms with Gasteiger partial charge in [-0.15, -0.1) is 0 Å². The van der Waals surface area contributed by atoms with E-state index in [1.807, 2.05) is 13.0 Å². The summed E-state index contributed by atoms with van der Waals surface area (Å²) in [6, 6.07) is 2.69. The summed E-state index contributed by atoms with van der Waals surface area (Å²) in [5, 5.41) is 18.2. The number of rotatable bonds is 2. The molecule has 0 fully saturated rings. The van der Waals surface area contributed by atoms with E-state index < -0.39 is 42.0 Å². The molecule has 1 aromatic rings. The van der Waals surface area contributed by atoms with Crippen molar-refractivity contribution in [3.05, 3.63) is 34.9 Å². The van der Waals surface area contributed by atoms with E-state index in [4.69, 9.17) is 5.73 Å². The number of nitrogens with zero attached hydrogens (tertiary/aromatic N) is 1. The van der Waals surface area contributed by atoms with Crippen molar-refractivity contribution < 1.29 is 24.3 Å². The maximum absolute atomic E-state index is 12.8. The molecule has 6 N–H and O–H groups in total. The number of carbonyl (C=O) groups excluding carboxylic acids is 4. The van der Waals surface area contributed by atoms with Crippen LogP contribution in [-0.4, -0.2) is 77.5 Å². The van der Waals surface area contributed by atoms with Gasteiger partial charge in [-0.1, -0.05) is 6.07 Å². The van der Waals surface area contributed by atoms with Gasteiger partial charge in [0.1, 0.15) is 6.04 Å². The van der Waals surface area contributed by atoms with Crippen molar-refractivity contribution in [2.75, 3.05) is 19.6 Å². The summed E-state index contributed by atoms with van der Waals surface area (Å²) < 4.78 is 0. The fraction of sp³-hybridized carbons (Fsp3) is 0.565. The number of hydrogen-bond donors (Lipinski definition) is 5. The molecular formula is C23H35N5O5. The highest BCUT2D eigenvalue weighted by Gasteiger charge is 2.29. The molecular weight excluding hydrogens is 426 g/mol. The molecule has 0 radical (unpaired) electrons. The number of carbonyl (C=O) groups is 4. The third kappa shape index (κ3) is 7.54. The third-order valence-electron chi connectivity index (χ3n) is 5.53. The van der Waals surface area contributed by atoms with Crippen molar-refractivity contribution in [2.45, 2.75) is 64.8 Å². The van der Waals surface area contributed by atoms with E-state index in [0.29, 0.717) is 24.9 Å². The molecule has 0 aliphatic carbocycles. The first-order valence-corrected chi connectivity index (χ1v) is 11.2. The van der Waals surface area contributed by atoms with E-state index in [1.54, 1.807) is 19.1 Å². The van der Waals surface area contributed by atoms with Crippen molar-refractivity contribution in [3.8, 4) is 0 Å². The highest BCUT2D eigenvalue weighted by Crippen LogP contribution is 2.14. The SMILES string of the molecule is Cc1ccc2cc1CCCNC(=O)CN(C(=O)[C@@H](C)N)C[C@@H](C)NC(=O)[C@H]([C@@H](C)O)NC2=O. The Kier molecular flexibility index (Phi) is 9.36. The fourth-order valence-corrected chi connectivity index (χ4v) is 3.68. The summed E-state index contributed by atoms with van der Waals surface area (Å²) in [5.74, 6) is -1.82. The van der Waals surface area contributed by atoms with E-state index in [9.17, 15) is 24.3 Å². The molecule has 1 aliphatic heterocycles. The molecule has 1 aliphatic rings. The predicted octanol–water partition coefficient (Wildman–Crippen LogP) is -0.783. The number of fused-ring (bicyclic) bond motifs is 2. The Morgan fingerprint density at radius 2 is 1.91 bits per heavy atom. The summed E-state index contributed by atoms with van der Waals surface area (Å²) in [7, 11) is 0. The number of hydrogen-bond acceptors (Lipinski definition) is 6. The molecule has 2 rings (SSSR count). The van der Waals surface area contributed by atoms with Gasteiger partial charge >= 0.3 is 0 Å². The molecule has 2 bridgehead atoms. The van der Waals surface area contributed by atoms with Crippen LogP contribution < -0.4 is 21.7 Å². The zero-order chi connectivity index (χ0) is 24.7. The molecule has 10 heteroatoms. The second-order valence-electron chi connectivity index (χ2n) is 8.70. The summed E-state index contributed by atoms with van der Waals surface area (Å²) in [6.45, 7) is 6.80. The smallest absolute Gasteiger partial charge is 0.252 e. The maximum Gasteiger partial charge on any atom is 0.252 e. The van der Waals surface area contributed by atoms with Crippen LogP contribution in [0.15, 0.2) is 18.2 Å². The second-order valence-corrected chi connectivity index (χ2v) is 8.70. The van der Waals surface area contributed by atoms with Crippen LogP contribution in [0.5, 0.6) is 0 Å². The number of aliphatic hydroxyl groups is 1. The Hall–Kier alpha value is -2.98. The molecule has 4 atom stereocenters. The first-order chi connectivity index (χ1) is 15.5. The minimum absolute atomic E-state index is 0.0416. The van der Waals surface area contributed by atoms with Crippen LogP contribution >= 0.6 is 0 Å². The van der Waals surface area contributed by atoms with Gasteiger partial charge in [0.2, 0.25) is 17.7 Å². The Morgan fingerprint density at radius 3 is 2.55 bits per heavy atom. The molecule has 182 valence electrons. The molecule has 0 saturated carbocycles. The second kappa shape index (κ2) is 11.8. The summed E-state index contributed by atoms with van der Waals surface area (Å²) in [4.78, 5) is 51.9. The van der Waals surface area contributed by atoms with Crippen molar-refractivity contribution in [3.63, 3.8) is 0 Å². The van der Waals surface area contributed by atoms with Crippen LogP contribution in [0.1, 0.15) is 48.7 Å². The Labute approximate surface area is 194 Å². The van der Waals surface area contributed by atoms with Gasteiger partial charge in [0.25, 0.3) is 5.91 Å². The van der Waals surface area contributed by atoms with E-state index >= 15 is 0 Å². The minimum Gasteiger partial charge on any atom is -0.391 e. The number of amides is 4. The lowest BCUT2D eigenvalue weighted by molar-refractivity contribution is -0.137. The van der Waals surface area contributed by atoms with Gasteiger partial charge in [-0.3, -0.25) is 19.2 Å². The molecule has 10 nitrogen and oxygen atoms in total. The zero-order valence-corrected chi connectivity index (χ0v) is 19.7. The van der Waals surface area contributed by atoms with Crippen molar-refractivity contribution in [1.82, 2.24) is 20.9 Å². The molecule has 4 amide bonds. The quantitative estimate of drug-likeness (QED) is 0.389. The summed E-state index contributed by atoms with van der Waals surface area (Å²) in [6.07, 6.45) is 0.124. The zero-order valence-electron chi connectivity index (χ0n) is 19.7. The van der Waals surface area contributed by atoms with Crippen LogP contribution in [0.4, 0.5) is 0 Å². The van der Waals surface area contributed by atoms with Gasteiger partial charge < -0.3 is 31.7 Å². The molecule has 0 saturated heterocycles. The maximum atomic E-state index is 12.8. The first-order valence-electron chi connectivity index (χ1n) is 11.2. The van der Waals surface area contributed by atoms with Crippen molar-refractivity contribution in [2.24, 2.45) is 5.73 Å². The average Bonchev–Trinajstić information content (AvgIpc) is 2.73. The molecule has 33 heavy (non-hydrogen) atoms. The number of nitrogens with one attached hydrogen (secondary N) is 3. The van der Waals surface area contributed by atoms with Gasteiger partial charge in [-0.2, -0.15) is 0 Å². The Morgan fingerprint density at radius 1 is 1.21 bits per heavy atom. The first kappa shape index (κ1) is 26.3. The topological polar surface area (TPSA) is 154 Å². The highest BCUT2D eigenvalue weighted by molar-refractivity contribution is 5.98. The number of benzene rings is 1. The van der Waals surface area contributed by atoms with Crippen molar-refractivity contribution in [1.29, 1.82) is 0 Å². The Balaban J connectivity index is 2.33. The third-order valence-corrected chi connectivity index (χ3v) is 5.53. The van der Waals surface area contributed by atoms with Crippen LogP contribution in [0.25, 0.3) is 0 Å². The highest BCUT2D eigenvalue weighted by atomic mass is 16.3. The van der Waals surface area contributed by atoms with E-state index in [-0.39, 0.29) is 19.0 Å². The summed E-state index contributed by atoms with van der Waals surface area (Å²) >= 11 is 0. The van der Waals surface area contributed by atoms with Gasteiger partial charge in [0, 0.05) is 24.7 Å². The van der Waals surface area contributed by atoms with Gasteiger partial charge in [0.15, 0.2) is 0 Å². The largest absolute Gasteiger partial charge is 0.391 e. The van der Waals surface area contributed by atoms with E-state index in [1.165, 1.54) is 18.7 Å². The molecule has 1 aromatic carbocycles. The average molecular weight is 462 g/mol. The van der Waals surface area contributed by atoms with E-state index in [2.05, 4.69) is 16.0 Å². The predicted molar refractivity (Wildman–Crippen MR) is 123 cm³/mol.